The Hall–Kier alpha value is -1.29. The lowest BCUT2D eigenvalue weighted by atomic mass is 10.1. The number of aryl methyl sites for hydroxylation is 1. The van der Waals surface area contributed by atoms with Crippen molar-refractivity contribution in [3.05, 3.63) is 33.9 Å². The fraction of sp³-hybridized carbons (Fsp3) is 0.438. The van der Waals surface area contributed by atoms with Gasteiger partial charge >= 0.3 is 6.09 Å². The number of aromatic nitrogens is 1. The van der Waals surface area contributed by atoms with Crippen LogP contribution in [0.5, 0.6) is 0 Å². The fourth-order valence-electron chi connectivity index (χ4n) is 2.44. The molecular weight excluding hydrogens is 318 g/mol. The molecule has 0 saturated heterocycles. The highest BCUT2D eigenvalue weighted by Crippen LogP contribution is 2.29. The van der Waals surface area contributed by atoms with Gasteiger partial charge in [-0.3, -0.25) is 0 Å². The first-order valence-corrected chi connectivity index (χ1v) is 7.56. The highest BCUT2D eigenvalue weighted by Gasteiger charge is 2.23. The Labute approximate surface area is 128 Å². The molecule has 2 rings (SSSR count). The molecule has 108 valence electrons. The quantitative estimate of drug-likeness (QED) is 0.728. The standard InChI is InChI=1S/C16H20BrNO2/c1-6-12-10(2)18(15(19)20-16(3,4)5)14-8-7-11(17)9-13(12)14/h7-9H,6H2,1-5H3. The van der Waals surface area contributed by atoms with Gasteiger partial charge in [0.15, 0.2) is 0 Å². The second kappa shape index (κ2) is 5.24. The predicted molar refractivity (Wildman–Crippen MR) is 85.4 cm³/mol. The zero-order valence-electron chi connectivity index (χ0n) is 12.6. The Morgan fingerprint density at radius 1 is 1.35 bits per heavy atom. The third-order valence-electron chi connectivity index (χ3n) is 3.23. The van der Waals surface area contributed by atoms with Crippen molar-refractivity contribution in [3.63, 3.8) is 0 Å². The molecule has 0 bridgehead atoms. The minimum atomic E-state index is -0.498. The summed E-state index contributed by atoms with van der Waals surface area (Å²) in [6.45, 7) is 9.70. The maximum absolute atomic E-state index is 12.4. The van der Waals surface area contributed by atoms with Crippen LogP contribution in [0.15, 0.2) is 22.7 Å². The van der Waals surface area contributed by atoms with Gasteiger partial charge in [-0.15, -0.1) is 0 Å². The first-order valence-electron chi connectivity index (χ1n) is 6.77. The highest BCUT2D eigenvalue weighted by atomic mass is 79.9. The van der Waals surface area contributed by atoms with Gasteiger partial charge in [0.2, 0.25) is 0 Å². The summed E-state index contributed by atoms with van der Waals surface area (Å²) in [6, 6.07) is 5.96. The van der Waals surface area contributed by atoms with Crippen molar-refractivity contribution in [2.75, 3.05) is 0 Å². The number of rotatable bonds is 1. The molecule has 0 amide bonds. The Morgan fingerprint density at radius 2 is 2.00 bits per heavy atom. The van der Waals surface area contributed by atoms with Crippen molar-refractivity contribution in [1.29, 1.82) is 0 Å². The van der Waals surface area contributed by atoms with Gasteiger partial charge in [-0.2, -0.15) is 0 Å². The molecule has 0 fully saturated rings. The van der Waals surface area contributed by atoms with E-state index in [2.05, 4.69) is 28.9 Å². The van der Waals surface area contributed by atoms with E-state index in [1.807, 2.05) is 39.8 Å². The van der Waals surface area contributed by atoms with Crippen LogP contribution in [0, 0.1) is 6.92 Å². The molecule has 3 nitrogen and oxygen atoms in total. The molecule has 1 aromatic carbocycles. The molecule has 0 unspecified atom stereocenters. The van der Waals surface area contributed by atoms with Crippen molar-refractivity contribution in [1.82, 2.24) is 4.57 Å². The molecule has 0 saturated carbocycles. The van der Waals surface area contributed by atoms with Gasteiger partial charge in [0.25, 0.3) is 0 Å². The van der Waals surface area contributed by atoms with Gasteiger partial charge in [0.05, 0.1) is 5.52 Å². The second-order valence-corrected chi connectivity index (χ2v) is 6.81. The van der Waals surface area contributed by atoms with E-state index >= 15 is 0 Å². The van der Waals surface area contributed by atoms with Gasteiger partial charge in [-0.1, -0.05) is 22.9 Å². The molecule has 4 heteroatoms. The van der Waals surface area contributed by atoms with Crippen LogP contribution in [-0.2, 0) is 11.2 Å². The van der Waals surface area contributed by atoms with Crippen LogP contribution < -0.4 is 0 Å². The van der Waals surface area contributed by atoms with Crippen LogP contribution in [0.3, 0.4) is 0 Å². The highest BCUT2D eigenvalue weighted by molar-refractivity contribution is 9.10. The van der Waals surface area contributed by atoms with Crippen LogP contribution in [0.4, 0.5) is 4.79 Å². The van der Waals surface area contributed by atoms with Gasteiger partial charge in [-0.05, 0) is 57.9 Å². The average molecular weight is 338 g/mol. The first-order chi connectivity index (χ1) is 9.24. The number of hydrogen-bond acceptors (Lipinski definition) is 2. The third kappa shape index (κ3) is 2.75. The normalized spacial score (nSPS) is 11.9. The van der Waals surface area contributed by atoms with E-state index in [0.717, 1.165) is 27.5 Å². The van der Waals surface area contributed by atoms with Gasteiger partial charge in [0.1, 0.15) is 5.60 Å². The molecular formula is C16H20BrNO2. The number of benzene rings is 1. The summed E-state index contributed by atoms with van der Waals surface area (Å²) >= 11 is 3.49. The maximum Gasteiger partial charge on any atom is 0.419 e. The molecule has 20 heavy (non-hydrogen) atoms. The summed E-state index contributed by atoms with van der Waals surface area (Å²) in [5.41, 5.74) is 2.54. The smallest absolute Gasteiger partial charge is 0.419 e. The van der Waals surface area contributed by atoms with E-state index in [0.29, 0.717) is 0 Å². The number of halogens is 1. The first kappa shape index (κ1) is 15.1. The Balaban J connectivity index is 2.64. The van der Waals surface area contributed by atoms with Crippen LogP contribution >= 0.6 is 15.9 Å². The number of hydrogen-bond donors (Lipinski definition) is 0. The number of fused-ring (bicyclic) bond motifs is 1. The Bertz CT molecular complexity index is 665. The SMILES string of the molecule is CCc1c(C)n(C(=O)OC(C)(C)C)c2ccc(Br)cc12. The van der Waals surface area contributed by atoms with Crippen molar-refractivity contribution < 1.29 is 9.53 Å². The lowest BCUT2D eigenvalue weighted by molar-refractivity contribution is 0.0541. The number of ether oxygens (including phenoxy) is 1. The summed E-state index contributed by atoms with van der Waals surface area (Å²) in [5.74, 6) is 0. The van der Waals surface area contributed by atoms with Crippen LogP contribution in [0.1, 0.15) is 39.0 Å². The maximum atomic E-state index is 12.4. The van der Waals surface area contributed by atoms with Crippen molar-refractivity contribution in [3.8, 4) is 0 Å². The molecule has 0 atom stereocenters. The third-order valence-corrected chi connectivity index (χ3v) is 3.72. The predicted octanol–water partition coefficient (Wildman–Crippen LogP) is 5.06. The zero-order chi connectivity index (χ0) is 15.1. The minimum absolute atomic E-state index is 0.318. The molecule has 0 N–H and O–H groups in total. The lowest BCUT2D eigenvalue weighted by Gasteiger charge is -2.20. The summed E-state index contributed by atoms with van der Waals surface area (Å²) < 4.78 is 8.20. The molecule has 2 aromatic rings. The van der Waals surface area contributed by atoms with Crippen LogP contribution in [-0.4, -0.2) is 16.3 Å². The average Bonchev–Trinajstić information content (AvgIpc) is 2.57. The Kier molecular flexibility index (Phi) is 3.96. The Morgan fingerprint density at radius 3 is 2.55 bits per heavy atom. The molecule has 0 aliphatic rings. The molecule has 0 radical (unpaired) electrons. The fourth-order valence-corrected chi connectivity index (χ4v) is 2.81. The summed E-state index contributed by atoms with van der Waals surface area (Å²) in [4.78, 5) is 12.4. The van der Waals surface area contributed by atoms with Crippen molar-refractivity contribution in [2.45, 2.75) is 46.6 Å². The van der Waals surface area contributed by atoms with E-state index in [9.17, 15) is 4.79 Å². The number of carbonyl (C=O) groups is 1. The monoisotopic (exact) mass is 337 g/mol. The largest absolute Gasteiger partial charge is 0.443 e. The zero-order valence-corrected chi connectivity index (χ0v) is 14.2. The van der Waals surface area contributed by atoms with Gasteiger partial charge in [-0.25, -0.2) is 9.36 Å². The second-order valence-electron chi connectivity index (χ2n) is 5.89. The summed E-state index contributed by atoms with van der Waals surface area (Å²) in [6.07, 6.45) is 0.566. The molecule has 1 heterocycles. The van der Waals surface area contributed by atoms with Crippen molar-refractivity contribution >= 4 is 32.9 Å². The summed E-state index contributed by atoms with van der Waals surface area (Å²) in [5, 5.41) is 1.10. The van der Waals surface area contributed by atoms with Crippen molar-refractivity contribution in [2.24, 2.45) is 0 Å². The van der Waals surface area contributed by atoms with E-state index in [4.69, 9.17) is 4.74 Å². The van der Waals surface area contributed by atoms with Gasteiger partial charge in [0, 0.05) is 15.6 Å². The molecule has 1 aromatic heterocycles. The van der Waals surface area contributed by atoms with Gasteiger partial charge < -0.3 is 4.74 Å². The van der Waals surface area contributed by atoms with Crippen LogP contribution in [0.25, 0.3) is 10.9 Å². The molecule has 0 aliphatic heterocycles. The van der Waals surface area contributed by atoms with E-state index < -0.39 is 5.60 Å². The van der Waals surface area contributed by atoms with Crippen LogP contribution in [0.2, 0.25) is 0 Å². The molecule has 0 spiro atoms. The lowest BCUT2D eigenvalue weighted by Crippen LogP contribution is -2.27. The minimum Gasteiger partial charge on any atom is -0.443 e. The number of carbonyl (C=O) groups excluding carboxylic acids is 1. The number of nitrogens with zero attached hydrogens (tertiary/aromatic N) is 1. The van der Waals surface area contributed by atoms with E-state index in [1.165, 1.54) is 5.56 Å². The summed E-state index contributed by atoms with van der Waals surface area (Å²) in [7, 11) is 0. The van der Waals surface area contributed by atoms with E-state index in [1.54, 1.807) is 4.57 Å². The topological polar surface area (TPSA) is 31.2 Å². The van der Waals surface area contributed by atoms with E-state index in [-0.39, 0.29) is 6.09 Å². The molecule has 0 aliphatic carbocycles.